The van der Waals surface area contributed by atoms with Crippen molar-refractivity contribution in [2.45, 2.75) is 77.7 Å². The van der Waals surface area contributed by atoms with Crippen LogP contribution in [0, 0.1) is 0 Å². The van der Waals surface area contributed by atoms with Gasteiger partial charge in [-0.15, -0.1) is 25.5 Å². The SMILES string of the molecule is CC(C)(C)c1[nH]n2c(C(C)(C)C(C)(C)NC(=O)CCC(=O)O)nnc2c1N=Nc1n[nH]c(C(=O)O)n1. The third-order valence-corrected chi connectivity index (χ3v) is 6.14. The summed E-state index contributed by atoms with van der Waals surface area (Å²) >= 11 is 0. The fourth-order valence-corrected chi connectivity index (χ4v) is 3.40. The maximum absolute atomic E-state index is 12.4. The van der Waals surface area contributed by atoms with Crippen molar-refractivity contribution >= 4 is 35.1 Å². The molecule has 3 aromatic heterocycles. The number of carboxylic acid groups (broad SMARTS) is 2. The van der Waals surface area contributed by atoms with Crippen molar-refractivity contribution in [3.8, 4) is 0 Å². The highest BCUT2D eigenvalue weighted by Gasteiger charge is 2.44. The number of azo groups is 1. The minimum atomic E-state index is -1.27. The molecule has 0 aliphatic carbocycles. The Morgan fingerprint density at radius 2 is 1.67 bits per heavy atom. The number of rotatable bonds is 9. The van der Waals surface area contributed by atoms with E-state index in [-0.39, 0.29) is 30.5 Å². The molecule has 1 amide bonds. The van der Waals surface area contributed by atoms with Crippen molar-refractivity contribution in [3.05, 3.63) is 17.3 Å². The quantitative estimate of drug-likeness (QED) is 0.271. The predicted octanol–water partition coefficient (Wildman–Crippen LogP) is 2.62. The molecule has 15 heteroatoms. The molecule has 3 rings (SSSR count). The van der Waals surface area contributed by atoms with Gasteiger partial charge in [0.05, 0.1) is 12.1 Å². The molecule has 0 atom stereocenters. The number of aliphatic carboxylic acids is 1. The van der Waals surface area contributed by atoms with Gasteiger partial charge in [0.25, 0.3) is 5.95 Å². The van der Waals surface area contributed by atoms with Crippen molar-refractivity contribution in [3.63, 3.8) is 0 Å². The molecule has 0 saturated heterocycles. The molecule has 0 fully saturated rings. The lowest BCUT2D eigenvalue weighted by Gasteiger charge is -2.40. The fraction of sp³-hybridized carbons (Fsp3) is 0.571. The van der Waals surface area contributed by atoms with Gasteiger partial charge in [0.1, 0.15) is 0 Å². The second kappa shape index (κ2) is 9.13. The van der Waals surface area contributed by atoms with Crippen LogP contribution in [-0.4, -0.2) is 68.6 Å². The van der Waals surface area contributed by atoms with E-state index in [4.69, 9.17) is 10.2 Å². The van der Waals surface area contributed by atoms with Gasteiger partial charge in [0, 0.05) is 22.8 Å². The number of H-pyrrole nitrogens is 2. The van der Waals surface area contributed by atoms with Crippen LogP contribution in [0.4, 0.5) is 11.6 Å². The van der Waals surface area contributed by atoms with Gasteiger partial charge < -0.3 is 15.5 Å². The molecule has 15 nitrogen and oxygen atoms in total. The lowest BCUT2D eigenvalue weighted by molar-refractivity contribution is -0.139. The molecule has 0 saturated carbocycles. The van der Waals surface area contributed by atoms with E-state index in [9.17, 15) is 14.4 Å². The van der Waals surface area contributed by atoms with E-state index < -0.39 is 28.3 Å². The Morgan fingerprint density at radius 3 is 2.22 bits per heavy atom. The van der Waals surface area contributed by atoms with Crippen molar-refractivity contribution in [1.29, 1.82) is 0 Å². The van der Waals surface area contributed by atoms with E-state index in [2.05, 4.69) is 46.0 Å². The molecular formula is C21H30N10O5. The summed E-state index contributed by atoms with van der Waals surface area (Å²) in [6, 6.07) is 0. The molecule has 3 aromatic rings. The summed E-state index contributed by atoms with van der Waals surface area (Å²) in [5, 5.41) is 47.0. The van der Waals surface area contributed by atoms with E-state index in [1.807, 2.05) is 48.5 Å². The van der Waals surface area contributed by atoms with Crippen LogP contribution in [0.5, 0.6) is 0 Å². The number of amides is 1. The molecule has 5 N–H and O–H groups in total. The maximum Gasteiger partial charge on any atom is 0.373 e. The monoisotopic (exact) mass is 502 g/mol. The molecule has 0 radical (unpaired) electrons. The van der Waals surface area contributed by atoms with Crippen LogP contribution in [0.1, 0.15) is 83.4 Å². The van der Waals surface area contributed by atoms with E-state index in [0.717, 1.165) is 0 Å². The number of carbonyl (C=O) groups excluding carboxylic acids is 1. The molecule has 0 aromatic carbocycles. The number of nitrogens with one attached hydrogen (secondary N) is 3. The van der Waals surface area contributed by atoms with Gasteiger partial charge in [-0.2, -0.15) is 4.98 Å². The fourth-order valence-electron chi connectivity index (χ4n) is 3.40. The topological polar surface area (TPSA) is 216 Å². The summed E-state index contributed by atoms with van der Waals surface area (Å²) in [7, 11) is 0. The average Bonchev–Trinajstić information content (AvgIpc) is 3.45. The Balaban J connectivity index is 2.03. The van der Waals surface area contributed by atoms with Crippen molar-refractivity contribution < 1.29 is 24.6 Å². The minimum Gasteiger partial charge on any atom is -0.481 e. The Morgan fingerprint density at radius 1 is 1.00 bits per heavy atom. The first-order valence-corrected chi connectivity index (χ1v) is 11.1. The minimum absolute atomic E-state index is 0.143. The van der Waals surface area contributed by atoms with Gasteiger partial charge in [-0.05, 0) is 13.8 Å². The Kier molecular flexibility index (Phi) is 6.70. The highest BCUT2D eigenvalue weighted by atomic mass is 16.4. The molecule has 0 bridgehead atoms. The van der Waals surface area contributed by atoms with Crippen LogP contribution in [0.25, 0.3) is 5.65 Å². The zero-order valence-corrected chi connectivity index (χ0v) is 21.2. The van der Waals surface area contributed by atoms with E-state index >= 15 is 0 Å². The van der Waals surface area contributed by atoms with Crippen LogP contribution >= 0.6 is 0 Å². The smallest absolute Gasteiger partial charge is 0.373 e. The van der Waals surface area contributed by atoms with Gasteiger partial charge in [-0.25, -0.2) is 9.31 Å². The molecule has 3 heterocycles. The van der Waals surface area contributed by atoms with Crippen molar-refractivity contribution in [1.82, 2.24) is 40.3 Å². The summed E-state index contributed by atoms with van der Waals surface area (Å²) in [5.41, 5.74) is -0.601. The maximum atomic E-state index is 12.4. The zero-order valence-electron chi connectivity index (χ0n) is 21.2. The van der Waals surface area contributed by atoms with Gasteiger partial charge in [0.15, 0.2) is 11.5 Å². The summed E-state index contributed by atoms with van der Waals surface area (Å²) in [6.07, 6.45) is -0.410. The van der Waals surface area contributed by atoms with Crippen molar-refractivity contribution in [2.24, 2.45) is 10.2 Å². The first-order chi connectivity index (χ1) is 16.5. The summed E-state index contributed by atoms with van der Waals surface area (Å²) in [5.74, 6) is -2.73. The van der Waals surface area contributed by atoms with Gasteiger partial charge in [-0.1, -0.05) is 34.6 Å². The predicted molar refractivity (Wildman–Crippen MR) is 126 cm³/mol. The van der Waals surface area contributed by atoms with Gasteiger partial charge >= 0.3 is 11.9 Å². The van der Waals surface area contributed by atoms with Crippen LogP contribution < -0.4 is 5.32 Å². The van der Waals surface area contributed by atoms with Gasteiger partial charge in [0.2, 0.25) is 17.4 Å². The Hall–Kier alpha value is -4.17. The van der Waals surface area contributed by atoms with Crippen LogP contribution in [0.2, 0.25) is 0 Å². The largest absolute Gasteiger partial charge is 0.481 e. The summed E-state index contributed by atoms with van der Waals surface area (Å²) in [4.78, 5) is 38.0. The molecular weight excluding hydrogens is 472 g/mol. The number of nitrogens with zero attached hydrogens (tertiary/aromatic N) is 7. The first-order valence-electron chi connectivity index (χ1n) is 11.1. The molecule has 0 aliphatic heterocycles. The van der Waals surface area contributed by atoms with Crippen LogP contribution in [-0.2, 0) is 20.4 Å². The number of fused-ring (bicyclic) bond motifs is 1. The van der Waals surface area contributed by atoms with Crippen molar-refractivity contribution in [2.75, 3.05) is 0 Å². The summed E-state index contributed by atoms with van der Waals surface area (Å²) < 4.78 is 1.67. The number of aromatic nitrogens is 7. The zero-order chi connectivity index (χ0) is 27.1. The lowest BCUT2D eigenvalue weighted by Crippen LogP contribution is -2.56. The highest BCUT2D eigenvalue weighted by Crippen LogP contribution is 2.39. The molecule has 0 spiro atoms. The second-order valence-corrected chi connectivity index (χ2v) is 10.4. The van der Waals surface area contributed by atoms with Crippen LogP contribution in [0.3, 0.4) is 0 Å². The van der Waals surface area contributed by atoms with E-state index in [0.29, 0.717) is 22.9 Å². The standard InChI is InChI=1S/C21H30N10O5/c1-19(2,3)13-12(24-28-18-22-14(16(35)36)25-29-18)15-26-27-17(31(15)30-13)20(4,5)21(6,7)23-10(32)8-9-11(33)34/h30H,8-9H2,1-7H3,(H,23,32)(H,33,34)(H,35,36)(H,22,25,29). The first kappa shape index (κ1) is 26.4. The third kappa shape index (κ3) is 5.08. The normalized spacial score (nSPS) is 13.0. The second-order valence-electron chi connectivity index (χ2n) is 10.4. The lowest BCUT2D eigenvalue weighted by atomic mass is 9.73. The number of hydrogen-bond acceptors (Lipinski definition) is 9. The van der Waals surface area contributed by atoms with Gasteiger partial charge in [-0.3, -0.25) is 19.8 Å². The third-order valence-electron chi connectivity index (χ3n) is 6.14. The number of carboxylic acids is 2. The van der Waals surface area contributed by atoms with E-state index in [1.165, 1.54) is 0 Å². The number of carbonyl (C=O) groups is 3. The number of aromatic carboxylic acids is 1. The van der Waals surface area contributed by atoms with E-state index in [1.54, 1.807) is 4.52 Å². The highest BCUT2D eigenvalue weighted by molar-refractivity contribution is 5.83. The molecule has 0 unspecified atom stereocenters. The molecule has 0 aliphatic rings. The Labute approximate surface area is 205 Å². The number of hydrogen-bond donors (Lipinski definition) is 5. The number of aromatic amines is 2. The Bertz CT molecular complexity index is 1340. The molecule has 194 valence electrons. The molecule has 36 heavy (non-hydrogen) atoms. The summed E-state index contributed by atoms with van der Waals surface area (Å²) in [6.45, 7) is 13.3. The average molecular weight is 503 g/mol. The van der Waals surface area contributed by atoms with Crippen LogP contribution in [0.15, 0.2) is 10.2 Å².